The first-order valence-electron chi connectivity index (χ1n) is 6.08. The van der Waals surface area contributed by atoms with Crippen LogP contribution in [-0.4, -0.2) is 15.9 Å². The minimum Gasteiger partial charge on any atom is -0.347 e. The van der Waals surface area contributed by atoms with E-state index >= 15 is 0 Å². The Kier molecular flexibility index (Phi) is 2.98. The lowest BCUT2D eigenvalue weighted by Gasteiger charge is -2.07. The molecule has 0 aliphatic rings. The van der Waals surface area contributed by atoms with Crippen molar-refractivity contribution in [1.29, 1.82) is 0 Å². The zero-order valence-corrected chi connectivity index (χ0v) is 10.3. The third kappa shape index (κ3) is 2.33. The molecule has 0 fully saturated rings. The first-order valence-corrected chi connectivity index (χ1v) is 6.08. The second kappa shape index (κ2) is 4.94. The van der Waals surface area contributed by atoms with E-state index in [0.29, 0.717) is 12.1 Å². The Labute approximate surface area is 110 Å². The maximum Gasteiger partial charge on any atom is 0.252 e. The number of imidazole rings is 1. The van der Waals surface area contributed by atoms with Crippen molar-refractivity contribution in [2.45, 2.75) is 6.54 Å². The fourth-order valence-corrected chi connectivity index (χ4v) is 2.08. The molecule has 94 valence electrons. The highest BCUT2D eigenvalue weighted by Gasteiger charge is 2.09. The van der Waals surface area contributed by atoms with Gasteiger partial charge in [-0.05, 0) is 16.8 Å². The third-order valence-electron chi connectivity index (χ3n) is 3.03. The quantitative estimate of drug-likeness (QED) is 0.751. The van der Waals surface area contributed by atoms with Gasteiger partial charge in [0.05, 0.1) is 18.6 Å². The molecule has 0 aliphatic carbocycles. The van der Waals surface area contributed by atoms with Crippen molar-refractivity contribution in [3.63, 3.8) is 0 Å². The average Bonchev–Trinajstić information content (AvgIpc) is 2.97. The maximum absolute atomic E-state index is 12.2. The predicted octanol–water partition coefficient (Wildman–Crippen LogP) is 2.49. The number of benzene rings is 2. The summed E-state index contributed by atoms with van der Waals surface area (Å²) in [5.41, 5.74) is 1.58. The predicted molar refractivity (Wildman–Crippen MR) is 73.7 cm³/mol. The summed E-state index contributed by atoms with van der Waals surface area (Å²) in [7, 11) is 0. The normalized spacial score (nSPS) is 10.5. The van der Waals surface area contributed by atoms with Crippen LogP contribution in [0.3, 0.4) is 0 Å². The zero-order valence-electron chi connectivity index (χ0n) is 10.3. The molecule has 1 amide bonds. The highest BCUT2D eigenvalue weighted by atomic mass is 16.1. The van der Waals surface area contributed by atoms with Crippen molar-refractivity contribution in [3.8, 4) is 0 Å². The van der Waals surface area contributed by atoms with Gasteiger partial charge in [-0.3, -0.25) is 4.79 Å². The first kappa shape index (κ1) is 11.5. The summed E-state index contributed by atoms with van der Waals surface area (Å²) in [6.45, 7) is 0.446. The molecule has 0 atom stereocenters. The van der Waals surface area contributed by atoms with Crippen LogP contribution in [-0.2, 0) is 6.54 Å². The van der Waals surface area contributed by atoms with Crippen molar-refractivity contribution in [1.82, 2.24) is 15.3 Å². The van der Waals surface area contributed by atoms with Crippen molar-refractivity contribution in [3.05, 3.63) is 66.2 Å². The van der Waals surface area contributed by atoms with Crippen LogP contribution in [0.4, 0.5) is 0 Å². The second-order valence-electron chi connectivity index (χ2n) is 4.29. The van der Waals surface area contributed by atoms with E-state index < -0.39 is 0 Å². The lowest BCUT2D eigenvalue weighted by Crippen LogP contribution is -2.23. The molecule has 4 heteroatoms. The number of carbonyl (C=O) groups excluding carboxylic acids is 1. The molecule has 0 bridgehead atoms. The monoisotopic (exact) mass is 251 g/mol. The van der Waals surface area contributed by atoms with E-state index in [9.17, 15) is 4.79 Å². The number of aromatic nitrogens is 2. The van der Waals surface area contributed by atoms with E-state index in [1.165, 1.54) is 0 Å². The maximum atomic E-state index is 12.2. The van der Waals surface area contributed by atoms with Gasteiger partial charge in [-0.1, -0.05) is 36.4 Å². The van der Waals surface area contributed by atoms with Gasteiger partial charge in [0.1, 0.15) is 0 Å². The second-order valence-corrected chi connectivity index (χ2v) is 4.29. The summed E-state index contributed by atoms with van der Waals surface area (Å²) in [4.78, 5) is 19.1. The summed E-state index contributed by atoms with van der Waals surface area (Å²) in [5.74, 6) is -0.0774. The van der Waals surface area contributed by atoms with Gasteiger partial charge in [-0.2, -0.15) is 0 Å². The number of hydrogen-bond donors (Lipinski definition) is 2. The number of aromatic amines is 1. The van der Waals surface area contributed by atoms with E-state index in [1.807, 2.05) is 42.5 Å². The van der Waals surface area contributed by atoms with Gasteiger partial charge in [0, 0.05) is 11.8 Å². The van der Waals surface area contributed by atoms with Gasteiger partial charge >= 0.3 is 0 Å². The van der Waals surface area contributed by atoms with Gasteiger partial charge in [0.15, 0.2) is 0 Å². The molecule has 0 spiro atoms. The average molecular weight is 251 g/mol. The van der Waals surface area contributed by atoms with Crippen LogP contribution in [0.5, 0.6) is 0 Å². The lowest BCUT2D eigenvalue weighted by molar-refractivity contribution is 0.0952. The summed E-state index contributed by atoms with van der Waals surface area (Å²) < 4.78 is 0. The molecule has 0 radical (unpaired) electrons. The molecule has 3 rings (SSSR count). The molecule has 2 N–H and O–H groups in total. The van der Waals surface area contributed by atoms with E-state index in [4.69, 9.17) is 0 Å². The SMILES string of the molecule is O=C(NCc1cnc[nH]1)c1cccc2ccccc12. The lowest BCUT2D eigenvalue weighted by atomic mass is 10.0. The summed E-state index contributed by atoms with van der Waals surface area (Å²) >= 11 is 0. The fourth-order valence-electron chi connectivity index (χ4n) is 2.08. The first-order chi connectivity index (χ1) is 9.34. The molecule has 4 nitrogen and oxygen atoms in total. The van der Waals surface area contributed by atoms with Crippen molar-refractivity contribution < 1.29 is 4.79 Å². The van der Waals surface area contributed by atoms with E-state index in [0.717, 1.165) is 16.5 Å². The van der Waals surface area contributed by atoms with Crippen LogP contribution in [0.15, 0.2) is 55.0 Å². The van der Waals surface area contributed by atoms with E-state index in [2.05, 4.69) is 15.3 Å². The standard InChI is InChI=1S/C15H13N3O/c19-15(17-9-12-8-16-10-18-12)14-7-3-5-11-4-1-2-6-13(11)14/h1-8,10H,9H2,(H,16,18)(H,17,19). The van der Waals surface area contributed by atoms with Crippen molar-refractivity contribution in [2.24, 2.45) is 0 Å². The summed E-state index contributed by atoms with van der Waals surface area (Å²) in [5, 5.41) is 4.91. The van der Waals surface area contributed by atoms with Crippen LogP contribution in [0.25, 0.3) is 10.8 Å². The molecular weight excluding hydrogens is 238 g/mol. The van der Waals surface area contributed by atoms with E-state index in [1.54, 1.807) is 12.5 Å². The van der Waals surface area contributed by atoms with Crippen molar-refractivity contribution >= 4 is 16.7 Å². The molecular formula is C15H13N3O. The van der Waals surface area contributed by atoms with E-state index in [-0.39, 0.29) is 5.91 Å². The number of nitrogens with one attached hydrogen (secondary N) is 2. The number of rotatable bonds is 3. The molecule has 0 unspecified atom stereocenters. The number of carbonyl (C=O) groups is 1. The van der Waals surface area contributed by atoms with Crippen LogP contribution in [0.1, 0.15) is 16.1 Å². The van der Waals surface area contributed by atoms with Gasteiger partial charge in [-0.25, -0.2) is 4.98 Å². The van der Waals surface area contributed by atoms with Gasteiger partial charge in [-0.15, -0.1) is 0 Å². The number of H-pyrrole nitrogens is 1. The Morgan fingerprint density at radius 2 is 2.00 bits per heavy atom. The topological polar surface area (TPSA) is 57.8 Å². The molecule has 0 saturated heterocycles. The number of amides is 1. The van der Waals surface area contributed by atoms with Crippen LogP contribution < -0.4 is 5.32 Å². The Hall–Kier alpha value is -2.62. The number of hydrogen-bond acceptors (Lipinski definition) is 2. The Balaban J connectivity index is 1.85. The summed E-state index contributed by atoms with van der Waals surface area (Å²) in [6, 6.07) is 13.6. The Morgan fingerprint density at radius 1 is 1.16 bits per heavy atom. The van der Waals surface area contributed by atoms with Gasteiger partial charge < -0.3 is 10.3 Å². The Bertz CT molecular complexity index is 699. The minimum absolute atomic E-state index is 0.0774. The number of fused-ring (bicyclic) bond motifs is 1. The molecule has 1 heterocycles. The minimum atomic E-state index is -0.0774. The third-order valence-corrected chi connectivity index (χ3v) is 3.03. The highest BCUT2D eigenvalue weighted by Crippen LogP contribution is 2.18. The largest absolute Gasteiger partial charge is 0.347 e. The molecule has 1 aromatic heterocycles. The van der Waals surface area contributed by atoms with Crippen molar-refractivity contribution in [2.75, 3.05) is 0 Å². The van der Waals surface area contributed by atoms with Crippen LogP contribution in [0.2, 0.25) is 0 Å². The Morgan fingerprint density at radius 3 is 2.84 bits per heavy atom. The zero-order chi connectivity index (χ0) is 13.1. The molecule has 0 saturated carbocycles. The number of nitrogens with zero attached hydrogens (tertiary/aromatic N) is 1. The molecule has 19 heavy (non-hydrogen) atoms. The molecule has 3 aromatic rings. The smallest absolute Gasteiger partial charge is 0.252 e. The van der Waals surface area contributed by atoms with Crippen LogP contribution in [0, 0.1) is 0 Å². The van der Waals surface area contributed by atoms with Crippen LogP contribution >= 0.6 is 0 Å². The highest BCUT2D eigenvalue weighted by molar-refractivity contribution is 6.06. The molecule has 2 aromatic carbocycles. The van der Waals surface area contributed by atoms with Gasteiger partial charge in [0.25, 0.3) is 5.91 Å². The summed E-state index contributed by atoms with van der Waals surface area (Å²) in [6.07, 6.45) is 3.29. The fraction of sp³-hybridized carbons (Fsp3) is 0.0667. The van der Waals surface area contributed by atoms with Gasteiger partial charge in [0.2, 0.25) is 0 Å². The molecule has 0 aliphatic heterocycles.